The Bertz CT molecular complexity index is 327. The van der Waals surface area contributed by atoms with Gasteiger partial charge in [0, 0.05) is 25.9 Å². The third-order valence-electron chi connectivity index (χ3n) is 3.98. The molecule has 0 aromatic rings. The summed E-state index contributed by atoms with van der Waals surface area (Å²) in [5, 5.41) is 2.61. The molecular weight excluding hydrogens is 300 g/mol. The summed E-state index contributed by atoms with van der Waals surface area (Å²) in [5.41, 5.74) is 5.20. The van der Waals surface area contributed by atoms with E-state index >= 15 is 0 Å². The Hall–Kier alpha value is -0.633. The van der Waals surface area contributed by atoms with E-state index in [1.165, 1.54) is 6.42 Å². The van der Waals surface area contributed by atoms with Gasteiger partial charge in [0.15, 0.2) is 0 Å². The Balaban J connectivity index is 2.54. The van der Waals surface area contributed by atoms with Crippen molar-refractivity contribution in [1.29, 1.82) is 0 Å². The fourth-order valence-electron chi connectivity index (χ4n) is 3.07. The normalized spacial score (nSPS) is 26.6. The first-order valence-electron chi connectivity index (χ1n) is 8.50. The second kappa shape index (κ2) is 10.2. The van der Waals surface area contributed by atoms with Gasteiger partial charge in [-0.25, -0.2) is 4.79 Å². The molecule has 1 heterocycles. The first kappa shape index (κ1) is 19.4. The van der Waals surface area contributed by atoms with E-state index < -0.39 is 14.6 Å². The Morgan fingerprint density at radius 2 is 2.14 bits per heavy atom. The minimum atomic E-state index is -2.31. The molecule has 22 heavy (non-hydrogen) atoms. The van der Waals surface area contributed by atoms with Crippen molar-refractivity contribution in [2.24, 2.45) is 5.73 Å². The van der Waals surface area contributed by atoms with Crippen LogP contribution in [0.5, 0.6) is 0 Å². The van der Waals surface area contributed by atoms with E-state index in [4.69, 9.17) is 19.3 Å². The average molecular weight is 333 g/mol. The minimum absolute atomic E-state index is 0.106. The van der Waals surface area contributed by atoms with E-state index in [0.29, 0.717) is 19.8 Å². The molecule has 3 atom stereocenters. The van der Waals surface area contributed by atoms with Gasteiger partial charge in [0.2, 0.25) is 0 Å². The van der Waals surface area contributed by atoms with E-state index in [1.807, 2.05) is 13.8 Å². The highest BCUT2D eigenvalue weighted by atomic mass is 28.4. The maximum atomic E-state index is 10.7. The predicted molar refractivity (Wildman–Crippen MR) is 88.8 cm³/mol. The number of hydrogen-bond donors (Lipinski definition) is 2. The van der Waals surface area contributed by atoms with Gasteiger partial charge in [-0.05, 0) is 46.1 Å². The summed E-state index contributed by atoms with van der Waals surface area (Å²) < 4.78 is 18.5. The smallest absolute Gasteiger partial charge is 0.368 e. The van der Waals surface area contributed by atoms with Crippen molar-refractivity contribution < 1.29 is 18.4 Å². The molecule has 1 saturated heterocycles. The van der Waals surface area contributed by atoms with Crippen LogP contribution in [0.1, 0.15) is 52.9 Å². The monoisotopic (exact) mass is 332 g/mol. The first-order valence-corrected chi connectivity index (χ1v) is 10.6. The number of ether oxygens (including phenoxy) is 1. The van der Waals surface area contributed by atoms with Crippen LogP contribution in [0.15, 0.2) is 0 Å². The van der Waals surface area contributed by atoms with Crippen LogP contribution >= 0.6 is 0 Å². The SMILES string of the molecule is CCOC1CCCC[Si]1(OCC)OC(C)CCCNC(N)=O. The Labute approximate surface area is 135 Å². The lowest BCUT2D eigenvalue weighted by molar-refractivity contribution is 0.0221. The summed E-state index contributed by atoms with van der Waals surface area (Å²) in [4.78, 5) is 10.7. The van der Waals surface area contributed by atoms with Crippen LogP contribution in [0.4, 0.5) is 4.79 Å². The summed E-state index contributed by atoms with van der Waals surface area (Å²) in [7, 11) is -2.31. The lowest BCUT2D eigenvalue weighted by Crippen LogP contribution is -2.57. The summed E-state index contributed by atoms with van der Waals surface area (Å²) in [6.07, 6.45) is 5.21. The average Bonchev–Trinajstić information content (AvgIpc) is 2.46. The molecule has 6 nitrogen and oxygen atoms in total. The van der Waals surface area contributed by atoms with Gasteiger partial charge >= 0.3 is 14.6 Å². The first-order chi connectivity index (χ1) is 10.5. The molecule has 0 spiro atoms. The van der Waals surface area contributed by atoms with Crippen molar-refractivity contribution in [1.82, 2.24) is 5.32 Å². The molecule has 7 heteroatoms. The number of amides is 2. The predicted octanol–water partition coefficient (Wildman–Crippen LogP) is 2.45. The number of nitrogens with one attached hydrogen (secondary N) is 1. The van der Waals surface area contributed by atoms with E-state index in [2.05, 4.69) is 12.2 Å². The fraction of sp³-hybridized carbons (Fsp3) is 0.933. The highest BCUT2D eigenvalue weighted by Gasteiger charge is 2.49. The number of primary amides is 1. The summed E-state index contributed by atoms with van der Waals surface area (Å²) in [5.74, 6) is 0. The van der Waals surface area contributed by atoms with Crippen LogP contribution in [-0.2, 0) is 13.6 Å². The van der Waals surface area contributed by atoms with E-state index in [0.717, 1.165) is 31.7 Å². The van der Waals surface area contributed by atoms with Gasteiger partial charge in [-0.1, -0.05) is 12.8 Å². The largest absolute Gasteiger partial charge is 0.393 e. The zero-order chi connectivity index (χ0) is 16.4. The van der Waals surface area contributed by atoms with Crippen LogP contribution < -0.4 is 11.1 Å². The van der Waals surface area contributed by atoms with Crippen molar-refractivity contribution in [2.75, 3.05) is 19.8 Å². The maximum absolute atomic E-state index is 10.7. The van der Waals surface area contributed by atoms with Gasteiger partial charge in [-0.3, -0.25) is 0 Å². The van der Waals surface area contributed by atoms with Crippen LogP contribution in [0, 0.1) is 0 Å². The number of carbonyl (C=O) groups is 1. The molecule has 0 aromatic heterocycles. The summed E-state index contributed by atoms with van der Waals surface area (Å²) in [6, 6.07) is 0.535. The number of rotatable bonds is 10. The van der Waals surface area contributed by atoms with Crippen molar-refractivity contribution in [2.45, 2.75) is 70.8 Å². The highest BCUT2D eigenvalue weighted by Crippen LogP contribution is 2.33. The number of nitrogens with two attached hydrogens (primary N) is 1. The Kier molecular flexibility index (Phi) is 9.00. The van der Waals surface area contributed by atoms with Crippen LogP contribution in [0.25, 0.3) is 0 Å². The number of carbonyl (C=O) groups excluding carboxylic acids is 1. The van der Waals surface area contributed by atoms with Crippen LogP contribution in [-0.4, -0.2) is 46.2 Å². The molecule has 3 unspecified atom stereocenters. The quantitative estimate of drug-likeness (QED) is 0.475. The second-order valence-electron chi connectivity index (χ2n) is 5.80. The third kappa shape index (κ3) is 6.24. The zero-order valence-corrected chi connectivity index (χ0v) is 15.2. The van der Waals surface area contributed by atoms with Crippen molar-refractivity contribution in [3.05, 3.63) is 0 Å². The molecule has 1 aliphatic heterocycles. The second-order valence-corrected chi connectivity index (χ2v) is 9.09. The molecule has 0 saturated carbocycles. The van der Waals surface area contributed by atoms with Gasteiger partial charge in [0.25, 0.3) is 0 Å². The zero-order valence-electron chi connectivity index (χ0n) is 14.2. The van der Waals surface area contributed by atoms with Crippen molar-refractivity contribution in [3.63, 3.8) is 0 Å². The molecule has 1 fully saturated rings. The molecular formula is C15H32N2O4Si. The molecule has 1 aliphatic rings. The van der Waals surface area contributed by atoms with Gasteiger partial charge in [-0.2, -0.15) is 0 Å². The maximum Gasteiger partial charge on any atom is 0.368 e. The lowest BCUT2D eigenvalue weighted by atomic mass is 10.2. The van der Waals surface area contributed by atoms with Crippen LogP contribution in [0.2, 0.25) is 6.04 Å². The molecule has 0 aromatic carbocycles. The number of hydrogen-bond acceptors (Lipinski definition) is 4. The van der Waals surface area contributed by atoms with Crippen molar-refractivity contribution in [3.8, 4) is 0 Å². The molecule has 0 radical (unpaired) electrons. The van der Waals surface area contributed by atoms with E-state index in [9.17, 15) is 4.79 Å². The minimum Gasteiger partial charge on any atom is -0.393 e. The Morgan fingerprint density at radius 3 is 2.77 bits per heavy atom. The summed E-state index contributed by atoms with van der Waals surface area (Å²) in [6.45, 7) is 8.09. The number of urea groups is 1. The standard InChI is InChI=1S/C15H32N2O4Si/c1-4-19-14-10-6-7-12-22(14,20-5-2)21-13(3)9-8-11-17-15(16)18/h13-14H,4-12H2,1-3H3,(H3,16,17,18). The molecule has 0 aliphatic carbocycles. The highest BCUT2D eigenvalue weighted by molar-refractivity contribution is 6.69. The lowest BCUT2D eigenvalue weighted by Gasteiger charge is -2.41. The topological polar surface area (TPSA) is 82.8 Å². The van der Waals surface area contributed by atoms with Crippen LogP contribution in [0.3, 0.4) is 0 Å². The van der Waals surface area contributed by atoms with Gasteiger partial charge in [-0.15, -0.1) is 0 Å². The van der Waals surface area contributed by atoms with E-state index in [1.54, 1.807) is 0 Å². The third-order valence-corrected chi connectivity index (χ3v) is 8.04. The van der Waals surface area contributed by atoms with Gasteiger partial charge in [0.05, 0.1) is 0 Å². The van der Waals surface area contributed by atoms with Gasteiger partial charge in [0.1, 0.15) is 5.73 Å². The summed E-state index contributed by atoms with van der Waals surface area (Å²) >= 11 is 0. The Morgan fingerprint density at radius 1 is 1.36 bits per heavy atom. The molecule has 130 valence electrons. The van der Waals surface area contributed by atoms with Crippen molar-refractivity contribution >= 4 is 14.6 Å². The van der Waals surface area contributed by atoms with Gasteiger partial charge < -0.3 is 24.6 Å². The molecule has 1 rings (SSSR count). The molecule has 2 amide bonds. The molecule has 0 bridgehead atoms. The van der Waals surface area contributed by atoms with E-state index in [-0.39, 0.29) is 11.8 Å². The molecule has 3 N–H and O–H groups in total. The fourth-order valence-corrected chi connectivity index (χ4v) is 7.16.